The van der Waals surface area contributed by atoms with E-state index in [9.17, 15) is 0 Å². The Morgan fingerprint density at radius 1 is 1.60 bits per heavy atom. The lowest BCUT2D eigenvalue weighted by molar-refractivity contribution is 0.351. The molecule has 0 saturated carbocycles. The SMILES string of the molecule is CN(C)C=C1CCOC1=S. The first-order valence-electron chi connectivity index (χ1n) is 3.24. The van der Waals surface area contributed by atoms with Crippen LogP contribution in [0, 0.1) is 0 Å². The summed E-state index contributed by atoms with van der Waals surface area (Å²) in [5.41, 5.74) is 1.14. The Labute approximate surface area is 66.5 Å². The molecule has 3 heteroatoms. The van der Waals surface area contributed by atoms with Gasteiger partial charge in [0.05, 0.1) is 6.61 Å². The van der Waals surface area contributed by atoms with Gasteiger partial charge >= 0.3 is 0 Å². The Morgan fingerprint density at radius 2 is 2.30 bits per heavy atom. The van der Waals surface area contributed by atoms with Crippen molar-refractivity contribution in [2.45, 2.75) is 6.42 Å². The van der Waals surface area contributed by atoms with E-state index in [0.29, 0.717) is 5.05 Å². The van der Waals surface area contributed by atoms with Gasteiger partial charge in [-0.15, -0.1) is 0 Å². The fourth-order valence-corrected chi connectivity index (χ4v) is 1.12. The van der Waals surface area contributed by atoms with Gasteiger partial charge in [0.2, 0.25) is 0 Å². The second kappa shape index (κ2) is 3.01. The Morgan fingerprint density at radius 3 is 2.70 bits per heavy atom. The van der Waals surface area contributed by atoms with Gasteiger partial charge in [-0.3, -0.25) is 0 Å². The number of rotatable bonds is 1. The molecule has 1 rings (SSSR count). The predicted molar refractivity (Wildman–Crippen MR) is 44.9 cm³/mol. The lowest BCUT2D eigenvalue weighted by atomic mass is 10.2. The molecule has 0 bridgehead atoms. The molecule has 1 aliphatic heterocycles. The molecule has 1 heterocycles. The Kier molecular flexibility index (Phi) is 2.27. The molecule has 0 N–H and O–H groups in total. The second-order valence-electron chi connectivity index (χ2n) is 2.50. The van der Waals surface area contributed by atoms with Crippen molar-refractivity contribution < 1.29 is 4.74 Å². The minimum Gasteiger partial charge on any atom is -0.483 e. The van der Waals surface area contributed by atoms with E-state index >= 15 is 0 Å². The van der Waals surface area contributed by atoms with Crippen molar-refractivity contribution in [3.63, 3.8) is 0 Å². The van der Waals surface area contributed by atoms with Gasteiger partial charge in [-0.05, 0) is 12.2 Å². The van der Waals surface area contributed by atoms with Crippen molar-refractivity contribution in [2.24, 2.45) is 0 Å². The largest absolute Gasteiger partial charge is 0.483 e. The van der Waals surface area contributed by atoms with Crippen molar-refractivity contribution in [2.75, 3.05) is 20.7 Å². The van der Waals surface area contributed by atoms with Crippen LogP contribution in [0.2, 0.25) is 0 Å². The Bertz CT molecular complexity index is 174. The van der Waals surface area contributed by atoms with Crippen LogP contribution in [0.15, 0.2) is 11.8 Å². The molecule has 10 heavy (non-hydrogen) atoms. The molecule has 0 aromatic heterocycles. The highest BCUT2D eigenvalue weighted by molar-refractivity contribution is 7.80. The third-order valence-electron chi connectivity index (χ3n) is 1.28. The molecule has 1 aliphatic rings. The summed E-state index contributed by atoms with van der Waals surface area (Å²) in [6, 6.07) is 0. The van der Waals surface area contributed by atoms with E-state index in [-0.39, 0.29) is 0 Å². The summed E-state index contributed by atoms with van der Waals surface area (Å²) in [6.07, 6.45) is 2.96. The third-order valence-corrected chi connectivity index (χ3v) is 1.66. The highest BCUT2D eigenvalue weighted by atomic mass is 32.1. The molecule has 0 aromatic rings. The van der Waals surface area contributed by atoms with E-state index in [4.69, 9.17) is 17.0 Å². The molecule has 0 amide bonds. The zero-order chi connectivity index (χ0) is 7.56. The maximum Gasteiger partial charge on any atom is 0.188 e. The molecule has 0 aliphatic carbocycles. The maximum atomic E-state index is 5.10. The van der Waals surface area contributed by atoms with Crippen LogP contribution in [0.25, 0.3) is 0 Å². The summed E-state index contributed by atoms with van der Waals surface area (Å²) < 4.78 is 5.10. The van der Waals surface area contributed by atoms with E-state index in [1.165, 1.54) is 0 Å². The van der Waals surface area contributed by atoms with Crippen LogP contribution in [-0.2, 0) is 4.74 Å². The predicted octanol–water partition coefficient (Wildman–Crippen LogP) is 1.18. The van der Waals surface area contributed by atoms with Crippen LogP contribution in [-0.4, -0.2) is 30.7 Å². The van der Waals surface area contributed by atoms with Crippen molar-refractivity contribution in [1.82, 2.24) is 4.90 Å². The lowest BCUT2D eigenvalue weighted by Gasteiger charge is -2.04. The number of nitrogens with zero attached hydrogens (tertiary/aromatic N) is 1. The summed E-state index contributed by atoms with van der Waals surface area (Å²) in [6.45, 7) is 0.749. The molecular weight excluding hydrogens is 146 g/mol. The van der Waals surface area contributed by atoms with Gasteiger partial charge in [0.15, 0.2) is 5.05 Å². The summed E-state index contributed by atoms with van der Waals surface area (Å²) >= 11 is 4.94. The number of thiocarbonyl (C=S) groups is 1. The molecule has 1 saturated heterocycles. The van der Waals surface area contributed by atoms with E-state index in [1.807, 2.05) is 25.2 Å². The topological polar surface area (TPSA) is 12.5 Å². The number of hydrogen-bond donors (Lipinski definition) is 0. The Hall–Kier alpha value is -0.570. The van der Waals surface area contributed by atoms with Gasteiger partial charge in [-0.25, -0.2) is 0 Å². The second-order valence-corrected chi connectivity index (χ2v) is 2.87. The lowest BCUT2D eigenvalue weighted by Crippen LogP contribution is -2.04. The monoisotopic (exact) mass is 157 g/mol. The molecular formula is C7H11NOS. The number of ether oxygens (including phenoxy) is 1. The molecule has 56 valence electrons. The summed E-state index contributed by atoms with van der Waals surface area (Å²) in [5.74, 6) is 0. The van der Waals surface area contributed by atoms with Gasteiger partial charge in [-0.1, -0.05) is 0 Å². The Balaban J connectivity index is 2.62. The summed E-state index contributed by atoms with van der Waals surface area (Å²) in [4.78, 5) is 1.98. The van der Waals surface area contributed by atoms with E-state index in [1.54, 1.807) is 0 Å². The van der Waals surface area contributed by atoms with Crippen LogP contribution in [0.1, 0.15) is 6.42 Å². The highest BCUT2D eigenvalue weighted by Gasteiger charge is 2.13. The van der Waals surface area contributed by atoms with Gasteiger partial charge < -0.3 is 9.64 Å². The van der Waals surface area contributed by atoms with Crippen molar-refractivity contribution >= 4 is 17.3 Å². The standard InChI is InChI=1S/C7H11NOS/c1-8(2)5-6-3-4-9-7(6)10/h5H,3-4H2,1-2H3. The zero-order valence-electron chi connectivity index (χ0n) is 6.26. The summed E-state index contributed by atoms with van der Waals surface area (Å²) in [5, 5.41) is 0.661. The molecule has 1 fully saturated rings. The van der Waals surface area contributed by atoms with Crippen LogP contribution in [0.5, 0.6) is 0 Å². The average molecular weight is 157 g/mol. The van der Waals surface area contributed by atoms with E-state index < -0.39 is 0 Å². The minimum atomic E-state index is 0.661. The fraction of sp³-hybridized carbons (Fsp3) is 0.571. The van der Waals surface area contributed by atoms with Crippen LogP contribution >= 0.6 is 12.2 Å². The first-order chi connectivity index (χ1) is 4.70. The molecule has 2 nitrogen and oxygen atoms in total. The number of hydrogen-bond acceptors (Lipinski definition) is 3. The van der Waals surface area contributed by atoms with Gasteiger partial charge in [-0.2, -0.15) is 0 Å². The van der Waals surface area contributed by atoms with Crippen LogP contribution in [0.3, 0.4) is 0 Å². The third kappa shape index (κ3) is 1.70. The van der Waals surface area contributed by atoms with Crippen molar-refractivity contribution in [3.8, 4) is 0 Å². The maximum absolute atomic E-state index is 5.10. The quantitative estimate of drug-likeness (QED) is 0.419. The molecule has 0 aromatic carbocycles. The zero-order valence-corrected chi connectivity index (χ0v) is 7.07. The van der Waals surface area contributed by atoms with Crippen molar-refractivity contribution in [3.05, 3.63) is 11.8 Å². The van der Waals surface area contributed by atoms with Gasteiger partial charge in [0.25, 0.3) is 0 Å². The van der Waals surface area contributed by atoms with Gasteiger partial charge in [0, 0.05) is 32.3 Å². The summed E-state index contributed by atoms with van der Waals surface area (Å²) in [7, 11) is 3.96. The molecule has 0 atom stereocenters. The first kappa shape index (κ1) is 7.54. The highest BCUT2D eigenvalue weighted by Crippen LogP contribution is 2.14. The van der Waals surface area contributed by atoms with Crippen LogP contribution in [0.4, 0.5) is 0 Å². The van der Waals surface area contributed by atoms with Gasteiger partial charge in [0.1, 0.15) is 0 Å². The van der Waals surface area contributed by atoms with Crippen LogP contribution < -0.4 is 0 Å². The molecule has 0 radical (unpaired) electrons. The first-order valence-corrected chi connectivity index (χ1v) is 3.65. The van der Waals surface area contributed by atoms with E-state index in [2.05, 4.69) is 0 Å². The molecule has 0 spiro atoms. The minimum absolute atomic E-state index is 0.661. The average Bonchev–Trinajstić information content (AvgIpc) is 2.15. The molecule has 0 unspecified atom stereocenters. The smallest absolute Gasteiger partial charge is 0.188 e. The van der Waals surface area contributed by atoms with Crippen molar-refractivity contribution in [1.29, 1.82) is 0 Å². The van der Waals surface area contributed by atoms with E-state index in [0.717, 1.165) is 18.6 Å². The fourth-order valence-electron chi connectivity index (χ4n) is 0.877. The normalized spacial score (nSPS) is 21.4.